The van der Waals surface area contributed by atoms with Crippen LogP contribution in [0.5, 0.6) is 0 Å². The summed E-state index contributed by atoms with van der Waals surface area (Å²) in [5.74, 6) is 0.819. The van der Waals surface area contributed by atoms with Gasteiger partial charge in [-0.3, -0.25) is 0 Å². The highest BCUT2D eigenvalue weighted by Gasteiger charge is 2.44. The maximum Gasteiger partial charge on any atom is 0.256 e. The molecule has 1 nitrogen and oxygen atoms in total. The molecular formula is C12H23F2N. The molecular weight excluding hydrogens is 196 g/mol. The van der Waals surface area contributed by atoms with Crippen LogP contribution in [0.25, 0.3) is 0 Å². The van der Waals surface area contributed by atoms with E-state index in [-0.39, 0.29) is 0 Å². The Kier molecular flexibility index (Phi) is 4.50. The number of nitrogens with one attached hydrogen (secondary N) is 1. The van der Waals surface area contributed by atoms with E-state index in [9.17, 15) is 8.78 Å². The average molecular weight is 219 g/mol. The lowest BCUT2D eigenvalue weighted by Crippen LogP contribution is -2.55. The fourth-order valence-electron chi connectivity index (χ4n) is 2.95. The lowest BCUT2D eigenvalue weighted by Gasteiger charge is -2.43. The molecule has 0 radical (unpaired) electrons. The zero-order chi connectivity index (χ0) is 11.5. The molecule has 0 aliphatic heterocycles. The highest BCUT2D eigenvalue weighted by atomic mass is 19.3. The quantitative estimate of drug-likeness (QED) is 0.763. The van der Waals surface area contributed by atoms with Crippen LogP contribution < -0.4 is 5.32 Å². The Hall–Kier alpha value is -0.180. The fourth-order valence-corrected chi connectivity index (χ4v) is 2.95. The molecule has 1 N–H and O–H groups in total. The number of rotatable bonds is 4. The van der Waals surface area contributed by atoms with Crippen molar-refractivity contribution in [2.24, 2.45) is 11.8 Å². The molecule has 1 aliphatic rings. The van der Waals surface area contributed by atoms with Crippen molar-refractivity contribution in [1.29, 1.82) is 0 Å². The van der Waals surface area contributed by atoms with Gasteiger partial charge >= 0.3 is 0 Å². The molecule has 0 amide bonds. The molecule has 0 saturated heterocycles. The molecule has 0 spiro atoms. The molecule has 0 aromatic heterocycles. The number of hydrogen-bond donors (Lipinski definition) is 1. The van der Waals surface area contributed by atoms with Gasteiger partial charge in [0.15, 0.2) is 0 Å². The summed E-state index contributed by atoms with van der Waals surface area (Å²) >= 11 is 0. The summed E-state index contributed by atoms with van der Waals surface area (Å²) in [6.45, 7) is 6.88. The lowest BCUT2D eigenvalue weighted by atomic mass is 9.71. The van der Waals surface area contributed by atoms with Gasteiger partial charge in [-0.25, -0.2) is 8.78 Å². The van der Waals surface area contributed by atoms with E-state index < -0.39 is 12.0 Å². The van der Waals surface area contributed by atoms with E-state index in [0.29, 0.717) is 31.2 Å². The SMILES string of the molecule is CCCNC1(C(F)F)CC(C)CC(C)C1. The zero-order valence-corrected chi connectivity index (χ0v) is 10.0. The van der Waals surface area contributed by atoms with Crippen molar-refractivity contribution in [3.8, 4) is 0 Å². The average Bonchev–Trinajstić information content (AvgIpc) is 2.13. The maximum absolute atomic E-state index is 13.2. The second-order valence-corrected chi connectivity index (χ2v) is 5.24. The molecule has 90 valence electrons. The molecule has 1 saturated carbocycles. The number of alkyl halides is 2. The molecule has 15 heavy (non-hydrogen) atoms. The summed E-state index contributed by atoms with van der Waals surface area (Å²) in [6.07, 6.45) is 0.998. The van der Waals surface area contributed by atoms with Gasteiger partial charge in [-0.2, -0.15) is 0 Å². The van der Waals surface area contributed by atoms with E-state index in [0.717, 1.165) is 12.8 Å². The Morgan fingerprint density at radius 3 is 2.20 bits per heavy atom. The molecule has 0 aromatic carbocycles. The van der Waals surface area contributed by atoms with Crippen molar-refractivity contribution >= 4 is 0 Å². The maximum atomic E-state index is 13.2. The predicted molar refractivity (Wildman–Crippen MR) is 59.2 cm³/mol. The van der Waals surface area contributed by atoms with Crippen LogP contribution in [0.1, 0.15) is 46.5 Å². The van der Waals surface area contributed by atoms with Crippen molar-refractivity contribution in [2.75, 3.05) is 6.54 Å². The van der Waals surface area contributed by atoms with Crippen LogP contribution in [0.4, 0.5) is 8.78 Å². The Labute approximate surface area is 91.6 Å². The summed E-state index contributed by atoms with van der Waals surface area (Å²) in [7, 11) is 0. The summed E-state index contributed by atoms with van der Waals surface area (Å²) in [6, 6.07) is 0. The largest absolute Gasteiger partial charge is 0.306 e. The minimum absolute atomic E-state index is 0.409. The molecule has 1 fully saturated rings. The Morgan fingerprint density at radius 2 is 1.80 bits per heavy atom. The van der Waals surface area contributed by atoms with E-state index in [4.69, 9.17) is 0 Å². The Bertz CT molecular complexity index is 184. The normalized spacial score (nSPS) is 37.2. The molecule has 0 bridgehead atoms. The summed E-state index contributed by atoms with van der Waals surface area (Å²) in [5.41, 5.74) is -0.910. The van der Waals surface area contributed by atoms with Crippen LogP contribution in [0.3, 0.4) is 0 Å². The molecule has 1 rings (SSSR count). The van der Waals surface area contributed by atoms with Gasteiger partial charge in [0.05, 0.1) is 5.54 Å². The van der Waals surface area contributed by atoms with Crippen LogP contribution in [-0.4, -0.2) is 18.5 Å². The fraction of sp³-hybridized carbons (Fsp3) is 1.00. The van der Waals surface area contributed by atoms with Crippen molar-refractivity contribution in [3.05, 3.63) is 0 Å². The summed E-state index contributed by atoms with van der Waals surface area (Å²) in [4.78, 5) is 0. The van der Waals surface area contributed by atoms with Gasteiger partial charge < -0.3 is 5.32 Å². The van der Waals surface area contributed by atoms with Crippen LogP contribution in [0.2, 0.25) is 0 Å². The van der Waals surface area contributed by atoms with E-state index in [1.807, 2.05) is 6.92 Å². The van der Waals surface area contributed by atoms with Crippen LogP contribution >= 0.6 is 0 Å². The minimum atomic E-state index is -2.24. The van der Waals surface area contributed by atoms with Crippen molar-refractivity contribution in [1.82, 2.24) is 5.32 Å². The summed E-state index contributed by atoms with van der Waals surface area (Å²) < 4.78 is 26.4. The third kappa shape index (κ3) is 3.13. The van der Waals surface area contributed by atoms with Gasteiger partial charge in [0.1, 0.15) is 0 Å². The van der Waals surface area contributed by atoms with Gasteiger partial charge in [-0.05, 0) is 44.1 Å². The molecule has 3 heteroatoms. The summed E-state index contributed by atoms with van der Waals surface area (Å²) in [5, 5.41) is 3.10. The third-order valence-electron chi connectivity index (χ3n) is 3.37. The highest BCUT2D eigenvalue weighted by Crippen LogP contribution is 2.39. The first kappa shape index (κ1) is 12.9. The smallest absolute Gasteiger partial charge is 0.256 e. The second-order valence-electron chi connectivity index (χ2n) is 5.24. The minimum Gasteiger partial charge on any atom is -0.306 e. The Balaban J connectivity index is 2.70. The second kappa shape index (κ2) is 5.24. The topological polar surface area (TPSA) is 12.0 Å². The van der Waals surface area contributed by atoms with Crippen LogP contribution in [0, 0.1) is 11.8 Å². The first-order valence-electron chi connectivity index (χ1n) is 6.03. The van der Waals surface area contributed by atoms with E-state index in [2.05, 4.69) is 19.2 Å². The first-order chi connectivity index (χ1) is 7.00. The van der Waals surface area contributed by atoms with Gasteiger partial charge in [-0.15, -0.1) is 0 Å². The van der Waals surface area contributed by atoms with Crippen LogP contribution in [0.15, 0.2) is 0 Å². The van der Waals surface area contributed by atoms with Crippen LogP contribution in [-0.2, 0) is 0 Å². The van der Waals surface area contributed by atoms with Crippen molar-refractivity contribution in [2.45, 2.75) is 58.4 Å². The van der Waals surface area contributed by atoms with Crippen molar-refractivity contribution in [3.63, 3.8) is 0 Å². The number of hydrogen-bond acceptors (Lipinski definition) is 1. The standard InChI is InChI=1S/C12H23F2N/c1-4-5-15-12(11(13)14)7-9(2)6-10(3)8-12/h9-11,15H,4-8H2,1-3H3. The van der Waals surface area contributed by atoms with E-state index >= 15 is 0 Å². The first-order valence-corrected chi connectivity index (χ1v) is 6.03. The van der Waals surface area contributed by atoms with Crippen molar-refractivity contribution < 1.29 is 8.78 Å². The molecule has 2 unspecified atom stereocenters. The molecule has 0 aromatic rings. The van der Waals surface area contributed by atoms with E-state index in [1.165, 1.54) is 0 Å². The monoisotopic (exact) mass is 219 g/mol. The third-order valence-corrected chi connectivity index (χ3v) is 3.37. The molecule has 2 atom stereocenters. The molecule has 0 heterocycles. The Morgan fingerprint density at radius 1 is 1.27 bits per heavy atom. The molecule has 1 aliphatic carbocycles. The number of halogens is 2. The predicted octanol–water partition coefficient (Wildman–Crippen LogP) is 3.45. The van der Waals surface area contributed by atoms with Gasteiger partial charge in [-0.1, -0.05) is 20.8 Å². The van der Waals surface area contributed by atoms with Gasteiger partial charge in [0.2, 0.25) is 0 Å². The highest BCUT2D eigenvalue weighted by molar-refractivity contribution is 4.96. The van der Waals surface area contributed by atoms with E-state index in [1.54, 1.807) is 0 Å². The van der Waals surface area contributed by atoms with Gasteiger partial charge in [0, 0.05) is 0 Å². The zero-order valence-electron chi connectivity index (χ0n) is 10.0. The van der Waals surface area contributed by atoms with Gasteiger partial charge in [0.25, 0.3) is 6.43 Å². The lowest BCUT2D eigenvalue weighted by molar-refractivity contribution is -0.0179.